The molecular weight excluding hydrogens is 355 g/mol. The number of rotatable bonds is 4. The first kappa shape index (κ1) is 17.8. The molecule has 0 aromatic heterocycles. The van der Waals surface area contributed by atoms with Crippen molar-refractivity contribution in [2.75, 3.05) is 6.61 Å². The van der Waals surface area contributed by atoms with Crippen molar-refractivity contribution in [2.45, 2.75) is 50.3 Å². The summed E-state index contributed by atoms with van der Waals surface area (Å²) in [4.78, 5) is 32.1. The molecule has 0 unspecified atom stereocenters. The smallest absolute Gasteiger partial charge is 0.303 e. The third-order valence-corrected chi connectivity index (χ3v) is 3.55. The van der Waals surface area contributed by atoms with Crippen LogP contribution in [0.3, 0.4) is 0 Å². The number of ether oxygens (including phenoxy) is 4. The second kappa shape index (κ2) is 7.69. The van der Waals surface area contributed by atoms with Crippen LogP contribution in [0.4, 0.5) is 4.39 Å². The van der Waals surface area contributed by atoms with Crippen LogP contribution < -0.4 is 0 Å². The number of hydrogen-bond donors (Lipinski definition) is 0. The Morgan fingerprint density at radius 1 is 1.05 bits per heavy atom. The molecule has 0 amide bonds. The van der Waals surface area contributed by atoms with Crippen LogP contribution in [-0.4, -0.2) is 54.0 Å². The second-order valence-corrected chi connectivity index (χ2v) is 5.48. The van der Waals surface area contributed by atoms with Crippen LogP contribution in [0.15, 0.2) is 0 Å². The highest BCUT2D eigenvalue weighted by molar-refractivity contribution is 9.09. The number of halogens is 2. The summed E-state index contributed by atoms with van der Waals surface area (Å²) >= 11 is 3.01. The fourth-order valence-electron chi connectivity index (χ4n) is 1.85. The first-order chi connectivity index (χ1) is 9.72. The molecule has 0 aromatic carbocycles. The van der Waals surface area contributed by atoms with Crippen molar-refractivity contribution in [3.8, 4) is 0 Å². The van der Waals surface area contributed by atoms with E-state index in [1.807, 2.05) is 0 Å². The van der Waals surface area contributed by atoms with Gasteiger partial charge in [0, 0.05) is 20.8 Å². The molecule has 0 spiro atoms. The van der Waals surface area contributed by atoms with Gasteiger partial charge in [0.15, 0.2) is 12.2 Å². The molecule has 0 aliphatic carbocycles. The molecule has 1 saturated heterocycles. The maximum atomic E-state index is 13.8. The molecule has 0 N–H and O–H groups in total. The highest BCUT2D eigenvalue weighted by Gasteiger charge is 2.49. The molecule has 1 aliphatic heterocycles. The summed E-state index contributed by atoms with van der Waals surface area (Å²) in [5.41, 5.74) is 0. The summed E-state index contributed by atoms with van der Waals surface area (Å²) < 4.78 is 33.6. The number of carbonyl (C=O) groups is 3. The van der Waals surface area contributed by atoms with Crippen molar-refractivity contribution in [3.05, 3.63) is 0 Å². The van der Waals surface area contributed by atoms with Gasteiger partial charge in [-0.3, -0.25) is 14.4 Å². The Kier molecular flexibility index (Phi) is 6.53. The Labute approximate surface area is 129 Å². The SMILES string of the molecule is CC(=O)OC[C@H]1O[C@H](F)[C@@H](Br)[C@@H](OC(C)=O)[C@@H]1OC(C)=O. The van der Waals surface area contributed by atoms with Gasteiger partial charge in [-0.2, -0.15) is 0 Å². The highest BCUT2D eigenvalue weighted by Crippen LogP contribution is 2.31. The number of esters is 3. The van der Waals surface area contributed by atoms with Gasteiger partial charge in [-0.05, 0) is 0 Å². The van der Waals surface area contributed by atoms with Gasteiger partial charge in [0.2, 0.25) is 6.36 Å². The average Bonchev–Trinajstić information content (AvgIpc) is 2.35. The van der Waals surface area contributed by atoms with E-state index >= 15 is 0 Å². The summed E-state index contributed by atoms with van der Waals surface area (Å²) in [6.45, 7) is 3.14. The quantitative estimate of drug-likeness (QED) is 0.412. The third-order valence-electron chi connectivity index (χ3n) is 2.61. The molecule has 0 radical (unpaired) electrons. The van der Waals surface area contributed by atoms with E-state index in [2.05, 4.69) is 15.9 Å². The molecule has 1 fully saturated rings. The average molecular weight is 371 g/mol. The van der Waals surface area contributed by atoms with E-state index < -0.39 is 47.4 Å². The van der Waals surface area contributed by atoms with Crippen LogP contribution in [0.1, 0.15) is 20.8 Å². The van der Waals surface area contributed by atoms with Gasteiger partial charge >= 0.3 is 17.9 Å². The summed E-state index contributed by atoms with van der Waals surface area (Å²) in [6.07, 6.45) is -5.09. The summed E-state index contributed by atoms with van der Waals surface area (Å²) in [5.74, 6) is -1.92. The fourth-order valence-corrected chi connectivity index (χ4v) is 2.39. The van der Waals surface area contributed by atoms with Crippen LogP contribution >= 0.6 is 15.9 Å². The summed E-state index contributed by atoms with van der Waals surface area (Å²) in [5, 5.41) is 0. The minimum Gasteiger partial charge on any atom is -0.463 e. The number of carbonyl (C=O) groups excluding carboxylic acids is 3. The zero-order valence-corrected chi connectivity index (χ0v) is 13.3. The molecule has 7 nitrogen and oxygen atoms in total. The Morgan fingerprint density at radius 2 is 1.57 bits per heavy atom. The van der Waals surface area contributed by atoms with Crippen molar-refractivity contribution in [1.29, 1.82) is 0 Å². The van der Waals surface area contributed by atoms with Crippen LogP contribution in [0.5, 0.6) is 0 Å². The number of alkyl halides is 2. The van der Waals surface area contributed by atoms with Crippen LogP contribution in [0, 0.1) is 0 Å². The van der Waals surface area contributed by atoms with Gasteiger partial charge in [-0.25, -0.2) is 4.39 Å². The molecule has 0 bridgehead atoms. The normalized spacial score (nSPS) is 32.1. The molecule has 0 saturated carbocycles. The molecule has 120 valence electrons. The maximum Gasteiger partial charge on any atom is 0.303 e. The van der Waals surface area contributed by atoms with E-state index in [4.69, 9.17) is 18.9 Å². The van der Waals surface area contributed by atoms with Gasteiger partial charge in [0.25, 0.3) is 0 Å². The van der Waals surface area contributed by atoms with E-state index in [9.17, 15) is 18.8 Å². The maximum absolute atomic E-state index is 13.8. The Bertz CT molecular complexity index is 416. The van der Waals surface area contributed by atoms with Gasteiger partial charge < -0.3 is 18.9 Å². The Hall–Kier alpha value is -1.22. The zero-order chi connectivity index (χ0) is 16.2. The largest absolute Gasteiger partial charge is 0.463 e. The van der Waals surface area contributed by atoms with E-state index in [1.54, 1.807) is 0 Å². The van der Waals surface area contributed by atoms with Gasteiger partial charge in [0.05, 0.1) is 0 Å². The Morgan fingerprint density at radius 3 is 2.05 bits per heavy atom. The number of hydrogen-bond acceptors (Lipinski definition) is 7. The van der Waals surface area contributed by atoms with Crippen molar-refractivity contribution in [3.63, 3.8) is 0 Å². The second-order valence-electron chi connectivity index (χ2n) is 4.42. The molecule has 0 aromatic rings. The predicted octanol–water partition coefficient (Wildman–Crippen LogP) is 0.871. The van der Waals surface area contributed by atoms with Gasteiger partial charge in [-0.15, -0.1) is 0 Å². The summed E-state index contributed by atoms with van der Waals surface area (Å²) in [7, 11) is 0. The van der Waals surface area contributed by atoms with E-state index in [0.29, 0.717) is 0 Å². The van der Waals surface area contributed by atoms with Crippen LogP contribution in [0.2, 0.25) is 0 Å². The van der Waals surface area contributed by atoms with Crippen LogP contribution in [0.25, 0.3) is 0 Å². The lowest BCUT2D eigenvalue weighted by atomic mass is 10.0. The molecule has 1 rings (SSSR count). The van der Waals surface area contributed by atoms with Crippen molar-refractivity contribution in [1.82, 2.24) is 0 Å². The predicted molar refractivity (Wildman–Crippen MR) is 70.2 cm³/mol. The minimum atomic E-state index is -1.82. The van der Waals surface area contributed by atoms with E-state index in [1.165, 1.54) is 6.92 Å². The van der Waals surface area contributed by atoms with Crippen molar-refractivity contribution >= 4 is 33.8 Å². The molecule has 1 heterocycles. The zero-order valence-electron chi connectivity index (χ0n) is 11.7. The molecule has 5 atom stereocenters. The van der Waals surface area contributed by atoms with E-state index in [0.717, 1.165) is 13.8 Å². The van der Waals surface area contributed by atoms with Crippen molar-refractivity contribution in [2.24, 2.45) is 0 Å². The highest BCUT2D eigenvalue weighted by atomic mass is 79.9. The standard InChI is InChI=1S/C12H16BrFO7/c1-5(15)18-4-8-10(19-6(2)16)11(20-7(3)17)9(13)12(14)21-8/h8-12H,4H2,1-3H3/t8-,9+,10-,11-,12+/m1/s1. The molecule has 21 heavy (non-hydrogen) atoms. The molecule has 9 heteroatoms. The lowest BCUT2D eigenvalue weighted by molar-refractivity contribution is -0.230. The van der Waals surface area contributed by atoms with E-state index in [-0.39, 0.29) is 6.61 Å². The lowest BCUT2D eigenvalue weighted by Gasteiger charge is -2.40. The minimum absolute atomic E-state index is 0.328. The van der Waals surface area contributed by atoms with Crippen LogP contribution in [-0.2, 0) is 33.3 Å². The Balaban J connectivity index is 2.94. The topological polar surface area (TPSA) is 88.1 Å². The third kappa shape index (κ3) is 5.24. The van der Waals surface area contributed by atoms with Crippen molar-refractivity contribution < 1.29 is 37.7 Å². The molecule has 1 aliphatic rings. The summed E-state index contributed by atoms with van der Waals surface area (Å²) in [6, 6.07) is 0. The fraction of sp³-hybridized carbons (Fsp3) is 0.750. The van der Waals surface area contributed by atoms with Gasteiger partial charge in [0.1, 0.15) is 17.5 Å². The first-order valence-corrected chi connectivity index (χ1v) is 7.05. The lowest BCUT2D eigenvalue weighted by Crippen LogP contribution is -2.58. The monoisotopic (exact) mass is 370 g/mol. The van der Waals surface area contributed by atoms with Gasteiger partial charge in [-0.1, -0.05) is 15.9 Å². The first-order valence-electron chi connectivity index (χ1n) is 6.13. The molecular formula is C12H16BrFO7.